The first-order chi connectivity index (χ1) is 17.1. The molecule has 4 aliphatic rings. The number of benzene rings is 2. The van der Waals surface area contributed by atoms with E-state index in [9.17, 15) is 14.7 Å². The predicted octanol–water partition coefficient (Wildman–Crippen LogP) is 2.70. The van der Waals surface area contributed by atoms with E-state index in [1.165, 1.54) is 0 Å². The molecule has 0 aliphatic carbocycles. The predicted molar refractivity (Wildman–Crippen MR) is 125 cm³/mol. The second-order valence-corrected chi connectivity index (χ2v) is 9.01. The maximum Gasteiger partial charge on any atom is 0.295 e. The van der Waals surface area contributed by atoms with Gasteiger partial charge in [-0.15, -0.1) is 0 Å². The largest absolute Gasteiger partial charge is 0.507 e. The third kappa shape index (κ3) is 3.85. The van der Waals surface area contributed by atoms with Gasteiger partial charge in [-0.1, -0.05) is 6.07 Å². The summed E-state index contributed by atoms with van der Waals surface area (Å²) in [4.78, 5) is 30.4. The third-order valence-corrected chi connectivity index (χ3v) is 6.92. The number of carbonyl (C=O) groups is 2. The van der Waals surface area contributed by atoms with Crippen LogP contribution in [0.5, 0.6) is 23.0 Å². The van der Waals surface area contributed by atoms with Crippen molar-refractivity contribution in [3.8, 4) is 23.0 Å². The van der Waals surface area contributed by atoms with Gasteiger partial charge in [-0.2, -0.15) is 0 Å². The molecule has 9 heteroatoms. The van der Waals surface area contributed by atoms with Crippen LogP contribution in [0.15, 0.2) is 42.0 Å². The van der Waals surface area contributed by atoms with Gasteiger partial charge in [0, 0.05) is 18.7 Å². The summed E-state index contributed by atoms with van der Waals surface area (Å²) < 4.78 is 22.2. The van der Waals surface area contributed by atoms with Crippen LogP contribution in [0.1, 0.15) is 30.0 Å². The number of aliphatic hydroxyl groups excluding tert-OH is 1. The third-order valence-electron chi connectivity index (χ3n) is 6.92. The second kappa shape index (κ2) is 8.81. The number of amides is 1. The van der Waals surface area contributed by atoms with Crippen molar-refractivity contribution in [2.24, 2.45) is 0 Å². The average Bonchev–Trinajstić information content (AvgIpc) is 3.62. The highest BCUT2D eigenvalue weighted by molar-refractivity contribution is 6.46. The number of hydrogen-bond donors (Lipinski definition) is 1. The molecule has 1 atom stereocenters. The molecule has 4 heterocycles. The zero-order valence-corrected chi connectivity index (χ0v) is 19.2. The highest BCUT2D eigenvalue weighted by Crippen LogP contribution is 2.43. The van der Waals surface area contributed by atoms with Gasteiger partial charge < -0.3 is 33.9 Å². The number of Topliss-reactive ketones (excluding diaryl/α,β-unsaturated/α-hetero) is 1. The molecule has 0 saturated carbocycles. The van der Waals surface area contributed by atoms with Crippen LogP contribution >= 0.6 is 0 Å². The van der Waals surface area contributed by atoms with Crippen molar-refractivity contribution in [2.75, 3.05) is 46.2 Å². The molecule has 2 saturated heterocycles. The van der Waals surface area contributed by atoms with Crippen LogP contribution in [0.2, 0.25) is 0 Å². The Hall–Kier alpha value is -3.72. The Morgan fingerprint density at radius 2 is 1.54 bits per heavy atom. The topological polar surface area (TPSA) is 97.8 Å². The molecule has 0 spiro atoms. The van der Waals surface area contributed by atoms with Crippen molar-refractivity contribution < 1.29 is 33.6 Å². The van der Waals surface area contributed by atoms with Gasteiger partial charge in [0.15, 0.2) is 23.0 Å². The highest BCUT2D eigenvalue weighted by atomic mass is 16.7. The van der Waals surface area contributed by atoms with Gasteiger partial charge in [0.25, 0.3) is 11.7 Å². The maximum atomic E-state index is 13.3. The molecule has 35 heavy (non-hydrogen) atoms. The molecule has 0 radical (unpaired) electrons. The molecule has 1 unspecified atom stereocenters. The first-order valence-electron chi connectivity index (χ1n) is 11.9. The number of ether oxygens (including phenoxy) is 4. The number of ketones is 1. The second-order valence-electron chi connectivity index (χ2n) is 9.01. The van der Waals surface area contributed by atoms with Crippen molar-refractivity contribution >= 4 is 17.4 Å². The van der Waals surface area contributed by atoms with E-state index in [0.717, 1.165) is 25.9 Å². The fraction of sp³-hybridized carbons (Fsp3) is 0.385. The molecule has 0 aromatic heterocycles. The van der Waals surface area contributed by atoms with E-state index in [2.05, 4.69) is 4.90 Å². The summed E-state index contributed by atoms with van der Waals surface area (Å²) in [6.07, 6.45) is 2.27. The number of fused-ring (bicyclic) bond motifs is 2. The van der Waals surface area contributed by atoms with Crippen LogP contribution < -0.4 is 18.9 Å². The van der Waals surface area contributed by atoms with Crippen LogP contribution in [0.25, 0.3) is 5.76 Å². The normalized spacial score (nSPS) is 22.7. The number of likely N-dealkylation sites (tertiary alicyclic amines) is 2. The molecule has 2 aromatic carbocycles. The molecule has 4 aliphatic heterocycles. The van der Waals surface area contributed by atoms with Crippen molar-refractivity contribution in [3.63, 3.8) is 0 Å². The van der Waals surface area contributed by atoms with E-state index in [-0.39, 0.29) is 18.1 Å². The van der Waals surface area contributed by atoms with Gasteiger partial charge in [0.2, 0.25) is 6.79 Å². The fourth-order valence-corrected chi connectivity index (χ4v) is 5.14. The Labute approximate surface area is 202 Å². The minimum absolute atomic E-state index is 0.0481. The van der Waals surface area contributed by atoms with Crippen LogP contribution in [-0.2, 0) is 9.59 Å². The molecule has 6 rings (SSSR count). The number of rotatable bonds is 5. The number of aliphatic hydroxyl groups is 1. The van der Waals surface area contributed by atoms with E-state index in [0.29, 0.717) is 60.4 Å². The van der Waals surface area contributed by atoms with Gasteiger partial charge in [-0.05, 0) is 61.8 Å². The quantitative estimate of drug-likeness (QED) is 0.398. The summed E-state index contributed by atoms with van der Waals surface area (Å²) in [7, 11) is 0. The van der Waals surface area contributed by atoms with Crippen molar-refractivity contribution in [1.29, 1.82) is 0 Å². The summed E-state index contributed by atoms with van der Waals surface area (Å²) in [6.45, 7) is 3.97. The Balaban J connectivity index is 1.42. The summed E-state index contributed by atoms with van der Waals surface area (Å²) in [5, 5.41) is 11.3. The lowest BCUT2D eigenvalue weighted by Crippen LogP contribution is -2.37. The van der Waals surface area contributed by atoms with E-state index in [1.54, 1.807) is 35.2 Å². The SMILES string of the molecule is O=C1C(=O)N(CCN2CCCC2)C(c2ccc3c(c2)OCO3)C1=C(O)c1ccc2c(c1)OCCO2. The minimum Gasteiger partial charge on any atom is -0.507 e. The van der Waals surface area contributed by atoms with Gasteiger partial charge >= 0.3 is 0 Å². The van der Waals surface area contributed by atoms with Crippen LogP contribution in [0.4, 0.5) is 0 Å². The van der Waals surface area contributed by atoms with Crippen molar-refractivity contribution in [1.82, 2.24) is 9.80 Å². The molecular weight excluding hydrogens is 452 g/mol. The summed E-state index contributed by atoms with van der Waals surface area (Å²) in [5.41, 5.74) is 1.11. The monoisotopic (exact) mass is 478 g/mol. The van der Waals surface area contributed by atoms with Crippen molar-refractivity contribution in [3.05, 3.63) is 53.1 Å². The molecule has 182 valence electrons. The lowest BCUT2D eigenvalue weighted by atomic mass is 9.95. The van der Waals surface area contributed by atoms with E-state index in [1.807, 2.05) is 6.07 Å². The summed E-state index contributed by atoms with van der Waals surface area (Å²) in [5.74, 6) is 0.648. The van der Waals surface area contributed by atoms with E-state index < -0.39 is 17.7 Å². The molecule has 0 bridgehead atoms. The Morgan fingerprint density at radius 3 is 2.37 bits per heavy atom. The lowest BCUT2D eigenvalue weighted by Gasteiger charge is -2.27. The summed E-state index contributed by atoms with van der Waals surface area (Å²) >= 11 is 0. The van der Waals surface area contributed by atoms with Crippen molar-refractivity contribution in [2.45, 2.75) is 18.9 Å². The molecule has 1 amide bonds. The zero-order valence-electron chi connectivity index (χ0n) is 19.2. The Morgan fingerprint density at radius 1 is 0.857 bits per heavy atom. The highest BCUT2D eigenvalue weighted by Gasteiger charge is 2.46. The first-order valence-corrected chi connectivity index (χ1v) is 11.9. The van der Waals surface area contributed by atoms with E-state index >= 15 is 0 Å². The first kappa shape index (κ1) is 21.8. The molecular formula is C26H26N2O7. The smallest absolute Gasteiger partial charge is 0.295 e. The van der Waals surface area contributed by atoms with Crippen LogP contribution in [-0.4, -0.2) is 72.8 Å². The van der Waals surface area contributed by atoms with Crippen LogP contribution in [0, 0.1) is 0 Å². The molecule has 2 fully saturated rings. The minimum atomic E-state index is -0.750. The molecule has 9 nitrogen and oxygen atoms in total. The molecule has 2 aromatic rings. The maximum absolute atomic E-state index is 13.3. The van der Waals surface area contributed by atoms with Gasteiger partial charge in [0.1, 0.15) is 19.0 Å². The zero-order chi connectivity index (χ0) is 23.9. The average molecular weight is 479 g/mol. The number of nitrogens with zero attached hydrogens (tertiary/aromatic N) is 2. The summed E-state index contributed by atoms with van der Waals surface area (Å²) in [6, 6.07) is 9.60. The number of carbonyl (C=O) groups excluding carboxylic acids is 2. The van der Waals surface area contributed by atoms with Gasteiger partial charge in [-0.25, -0.2) is 0 Å². The molecule has 1 N–H and O–H groups in total. The number of hydrogen-bond acceptors (Lipinski definition) is 8. The lowest BCUT2D eigenvalue weighted by molar-refractivity contribution is -0.140. The van der Waals surface area contributed by atoms with Crippen LogP contribution in [0.3, 0.4) is 0 Å². The van der Waals surface area contributed by atoms with Gasteiger partial charge in [-0.3, -0.25) is 9.59 Å². The Kier molecular flexibility index (Phi) is 5.49. The van der Waals surface area contributed by atoms with E-state index in [4.69, 9.17) is 18.9 Å². The fourth-order valence-electron chi connectivity index (χ4n) is 5.14. The standard InChI is InChI=1S/C26H26N2O7/c29-24(17-4-6-18-20(14-17)33-12-11-32-18)22-23(16-3-5-19-21(13-16)35-15-34-19)28(26(31)25(22)30)10-9-27-7-1-2-8-27/h3-6,13-14,23,29H,1-2,7-12,15H2. The Bertz CT molecular complexity index is 1220. The van der Waals surface area contributed by atoms with Gasteiger partial charge in [0.05, 0.1) is 11.6 Å².